The molecule has 0 atom stereocenters. The van der Waals surface area contributed by atoms with Crippen molar-refractivity contribution in [1.29, 1.82) is 0 Å². The number of anilines is 1. The van der Waals surface area contributed by atoms with Gasteiger partial charge in [0.25, 0.3) is 0 Å². The number of guanidine groups is 1. The highest BCUT2D eigenvalue weighted by atomic mass is 16.5. The van der Waals surface area contributed by atoms with Crippen molar-refractivity contribution in [2.24, 2.45) is 10.7 Å². The van der Waals surface area contributed by atoms with Crippen molar-refractivity contribution in [3.05, 3.63) is 53.1 Å². The van der Waals surface area contributed by atoms with Gasteiger partial charge in [0.05, 0.1) is 19.8 Å². The van der Waals surface area contributed by atoms with Crippen LogP contribution in [0.4, 0.5) is 5.69 Å². The first kappa shape index (κ1) is 16.2. The van der Waals surface area contributed by atoms with Crippen LogP contribution >= 0.6 is 0 Å². The number of ether oxygens (including phenoxy) is 2. The maximum absolute atomic E-state index is 6.01. The molecule has 1 heterocycles. The summed E-state index contributed by atoms with van der Waals surface area (Å²) in [5.74, 6) is 1.88. The molecule has 5 heteroatoms. The summed E-state index contributed by atoms with van der Waals surface area (Å²) in [5.41, 5.74) is 10.5. The Bertz CT molecular complexity index is 756. The Hall–Kier alpha value is -2.69. The molecule has 24 heavy (non-hydrogen) atoms. The third-order valence-electron chi connectivity index (χ3n) is 3.94. The second-order valence-electron chi connectivity index (χ2n) is 5.97. The third-order valence-corrected chi connectivity index (χ3v) is 3.94. The number of nitrogens with one attached hydrogen (secondary N) is 1. The number of aryl methyl sites for hydroxylation is 2. The molecule has 0 fully saturated rings. The van der Waals surface area contributed by atoms with Gasteiger partial charge in [-0.25, -0.2) is 4.99 Å². The van der Waals surface area contributed by atoms with E-state index in [1.165, 1.54) is 16.7 Å². The molecule has 5 nitrogen and oxygen atoms in total. The van der Waals surface area contributed by atoms with Crippen molar-refractivity contribution in [3.63, 3.8) is 0 Å². The summed E-state index contributed by atoms with van der Waals surface area (Å²) in [6.07, 6.45) is 0.886. The lowest BCUT2D eigenvalue weighted by Gasteiger charge is -2.11. The monoisotopic (exact) mass is 325 g/mol. The molecule has 2 aromatic rings. The van der Waals surface area contributed by atoms with Gasteiger partial charge in [-0.1, -0.05) is 23.8 Å². The van der Waals surface area contributed by atoms with Gasteiger partial charge in [-0.2, -0.15) is 0 Å². The predicted molar refractivity (Wildman–Crippen MR) is 96.9 cm³/mol. The van der Waals surface area contributed by atoms with E-state index < -0.39 is 0 Å². The van der Waals surface area contributed by atoms with Crippen LogP contribution in [0, 0.1) is 13.8 Å². The molecule has 0 aliphatic carbocycles. The largest absolute Gasteiger partial charge is 0.490 e. The van der Waals surface area contributed by atoms with Gasteiger partial charge < -0.3 is 20.5 Å². The Labute approximate surface area is 142 Å². The van der Waals surface area contributed by atoms with E-state index in [-0.39, 0.29) is 0 Å². The van der Waals surface area contributed by atoms with Gasteiger partial charge in [0.1, 0.15) is 0 Å². The zero-order valence-electron chi connectivity index (χ0n) is 14.1. The van der Waals surface area contributed by atoms with Crippen LogP contribution < -0.4 is 20.5 Å². The Morgan fingerprint density at radius 2 is 1.88 bits per heavy atom. The molecule has 0 amide bonds. The minimum atomic E-state index is 0.379. The molecule has 1 aliphatic rings. The minimum Gasteiger partial charge on any atom is -0.490 e. The lowest BCUT2D eigenvalue weighted by Crippen LogP contribution is -2.22. The van der Waals surface area contributed by atoms with Crippen molar-refractivity contribution in [1.82, 2.24) is 0 Å². The van der Waals surface area contributed by atoms with Crippen molar-refractivity contribution in [2.75, 3.05) is 18.5 Å². The Morgan fingerprint density at radius 1 is 1.08 bits per heavy atom. The molecule has 0 saturated carbocycles. The van der Waals surface area contributed by atoms with Crippen molar-refractivity contribution >= 4 is 11.6 Å². The Balaban J connectivity index is 1.67. The fourth-order valence-corrected chi connectivity index (χ4v) is 2.62. The predicted octanol–water partition coefficient (Wildman–Crippen LogP) is 3.39. The number of fused-ring (bicyclic) bond motifs is 1. The van der Waals surface area contributed by atoms with Gasteiger partial charge in [-0.15, -0.1) is 0 Å². The van der Waals surface area contributed by atoms with Gasteiger partial charge >= 0.3 is 0 Å². The van der Waals surface area contributed by atoms with Crippen LogP contribution in [0.5, 0.6) is 11.5 Å². The van der Waals surface area contributed by atoms with E-state index in [0.29, 0.717) is 25.7 Å². The summed E-state index contributed by atoms with van der Waals surface area (Å²) in [6, 6.07) is 12.0. The average Bonchev–Trinajstić information content (AvgIpc) is 2.79. The second kappa shape index (κ2) is 7.25. The maximum Gasteiger partial charge on any atom is 0.193 e. The molecule has 0 aromatic heterocycles. The van der Waals surface area contributed by atoms with Crippen molar-refractivity contribution in [3.8, 4) is 11.5 Å². The van der Waals surface area contributed by atoms with Crippen LogP contribution in [-0.2, 0) is 6.54 Å². The summed E-state index contributed by atoms with van der Waals surface area (Å²) in [4.78, 5) is 4.42. The molecule has 0 spiro atoms. The van der Waals surface area contributed by atoms with E-state index in [0.717, 1.165) is 23.6 Å². The van der Waals surface area contributed by atoms with Gasteiger partial charge in [-0.3, -0.25) is 0 Å². The first-order valence-electron chi connectivity index (χ1n) is 8.14. The number of nitrogens with zero attached hydrogens (tertiary/aromatic N) is 1. The number of benzene rings is 2. The molecule has 2 aromatic carbocycles. The van der Waals surface area contributed by atoms with E-state index in [1.807, 2.05) is 18.2 Å². The summed E-state index contributed by atoms with van der Waals surface area (Å²) in [6.45, 7) is 6.06. The van der Waals surface area contributed by atoms with Crippen LogP contribution in [0.15, 0.2) is 41.4 Å². The van der Waals surface area contributed by atoms with E-state index in [2.05, 4.69) is 42.4 Å². The van der Waals surface area contributed by atoms with E-state index in [4.69, 9.17) is 15.2 Å². The van der Waals surface area contributed by atoms with Gasteiger partial charge in [0.15, 0.2) is 17.5 Å². The van der Waals surface area contributed by atoms with Gasteiger partial charge in [-0.05, 0) is 37.1 Å². The smallest absolute Gasteiger partial charge is 0.193 e. The highest BCUT2D eigenvalue weighted by Crippen LogP contribution is 2.32. The number of rotatable bonds is 3. The summed E-state index contributed by atoms with van der Waals surface area (Å²) < 4.78 is 11.3. The molecule has 0 radical (unpaired) electrons. The fraction of sp³-hybridized carbons (Fsp3) is 0.316. The molecule has 1 aliphatic heterocycles. The standard InChI is InChI=1S/C19H23N3O2/c1-13-4-5-15(14(2)10-13)12-21-19(20)22-16-6-7-17-18(11-16)24-9-3-8-23-17/h4-7,10-11H,3,8-9,12H2,1-2H3,(H3,20,21,22). The number of hydrogen-bond acceptors (Lipinski definition) is 3. The Kier molecular flexibility index (Phi) is 4.89. The molecule has 0 bridgehead atoms. The summed E-state index contributed by atoms with van der Waals surface area (Å²) in [5, 5.41) is 3.11. The van der Waals surface area contributed by atoms with E-state index in [9.17, 15) is 0 Å². The topological polar surface area (TPSA) is 68.9 Å². The number of aliphatic imine (C=N–C) groups is 1. The second-order valence-corrected chi connectivity index (χ2v) is 5.97. The zero-order valence-corrected chi connectivity index (χ0v) is 14.1. The molecular formula is C19H23N3O2. The van der Waals surface area contributed by atoms with Gasteiger partial charge in [0, 0.05) is 18.2 Å². The average molecular weight is 325 g/mol. The third kappa shape index (κ3) is 3.98. The van der Waals surface area contributed by atoms with Gasteiger partial charge in [0.2, 0.25) is 0 Å². The first-order valence-corrected chi connectivity index (χ1v) is 8.14. The molecule has 3 N–H and O–H groups in total. The molecule has 3 rings (SSSR count). The first-order chi connectivity index (χ1) is 11.6. The lowest BCUT2D eigenvalue weighted by molar-refractivity contribution is 0.297. The normalized spacial score (nSPS) is 14.2. The SMILES string of the molecule is Cc1ccc(CN=C(N)Nc2ccc3c(c2)OCCCO3)c(C)c1. The van der Waals surface area contributed by atoms with Crippen molar-refractivity contribution < 1.29 is 9.47 Å². The van der Waals surface area contributed by atoms with Crippen molar-refractivity contribution in [2.45, 2.75) is 26.8 Å². The van der Waals surface area contributed by atoms with Crippen LogP contribution in [0.2, 0.25) is 0 Å². The summed E-state index contributed by atoms with van der Waals surface area (Å²) >= 11 is 0. The Morgan fingerprint density at radius 3 is 2.67 bits per heavy atom. The fourth-order valence-electron chi connectivity index (χ4n) is 2.62. The molecule has 126 valence electrons. The maximum atomic E-state index is 6.01. The number of hydrogen-bond donors (Lipinski definition) is 2. The van der Waals surface area contributed by atoms with Crippen LogP contribution in [0.25, 0.3) is 0 Å². The quantitative estimate of drug-likeness (QED) is 0.670. The molecule has 0 unspecified atom stereocenters. The van der Waals surface area contributed by atoms with Crippen LogP contribution in [-0.4, -0.2) is 19.2 Å². The number of nitrogens with two attached hydrogens (primary N) is 1. The van der Waals surface area contributed by atoms with Crippen LogP contribution in [0.3, 0.4) is 0 Å². The van der Waals surface area contributed by atoms with E-state index in [1.54, 1.807) is 0 Å². The summed E-state index contributed by atoms with van der Waals surface area (Å²) in [7, 11) is 0. The minimum absolute atomic E-state index is 0.379. The molecular weight excluding hydrogens is 302 g/mol. The highest BCUT2D eigenvalue weighted by molar-refractivity contribution is 5.92. The van der Waals surface area contributed by atoms with E-state index >= 15 is 0 Å². The highest BCUT2D eigenvalue weighted by Gasteiger charge is 2.10. The van der Waals surface area contributed by atoms with Crippen LogP contribution in [0.1, 0.15) is 23.1 Å². The molecule has 0 saturated heterocycles. The zero-order chi connectivity index (χ0) is 16.9. The lowest BCUT2D eigenvalue weighted by atomic mass is 10.1.